The van der Waals surface area contributed by atoms with Crippen molar-refractivity contribution >= 4 is 7.28 Å². The molecule has 0 aromatic rings. The van der Waals surface area contributed by atoms with Crippen molar-refractivity contribution in [2.24, 2.45) is 23.2 Å². The normalized spacial score (nSPS) is 38.9. The number of allylic oxidation sites excluding steroid dienone is 4. The summed E-state index contributed by atoms with van der Waals surface area (Å²) in [6, 6.07) is 0. The Balaban J connectivity index is 1.63. The maximum Gasteiger partial charge on any atom is 0.149 e. The van der Waals surface area contributed by atoms with Crippen molar-refractivity contribution in [3.05, 3.63) is 23.2 Å². The molecule has 3 aliphatic rings. The Bertz CT molecular complexity index is 522. The lowest BCUT2D eigenvalue weighted by Gasteiger charge is -2.40. The van der Waals surface area contributed by atoms with Crippen LogP contribution in [-0.2, 0) is 4.74 Å². The molecule has 5 atom stereocenters. The molecular formula is C24H41BO. The second-order valence-electron chi connectivity index (χ2n) is 9.81. The topological polar surface area (TPSA) is 9.23 Å². The van der Waals surface area contributed by atoms with E-state index in [2.05, 4.69) is 39.7 Å². The molecule has 0 spiro atoms. The van der Waals surface area contributed by atoms with Gasteiger partial charge in [0.25, 0.3) is 0 Å². The van der Waals surface area contributed by atoms with Crippen molar-refractivity contribution in [2.75, 3.05) is 6.61 Å². The van der Waals surface area contributed by atoms with E-state index in [1.807, 2.05) is 0 Å². The van der Waals surface area contributed by atoms with Crippen LogP contribution < -0.4 is 0 Å². The van der Waals surface area contributed by atoms with Gasteiger partial charge in [-0.25, -0.2) is 0 Å². The molecule has 0 bridgehead atoms. The van der Waals surface area contributed by atoms with E-state index in [-0.39, 0.29) is 0 Å². The Morgan fingerprint density at radius 1 is 1.23 bits per heavy atom. The standard InChI is InChI=1S/C24H41BO/c1-18-16-19(2)26-15-6-5-13-24(18,3)14-12-20-8-7-9-21-17-22(25-4)10-11-23(20)21/h9,17-20,23,25H,5-8,10-16H2,1-4H3/t18?,19-,20?,23?,24?/m1/s1. The lowest BCUT2D eigenvalue weighted by Crippen LogP contribution is -2.30. The summed E-state index contributed by atoms with van der Waals surface area (Å²) in [6.07, 6.45) is 19.1. The SMILES string of the molecule is CBC1=CC2=CCCC(CCC3(C)CCCCO[C@H](C)CC3C)C2CC1. The van der Waals surface area contributed by atoms with Crippen LogP contribution >= 0.6 is 0 Å². The zero-order valence-corrected chi connectivity index (χ0v) is 17.9. The number of hydrogen-bond acceptors (Lipinski definition) is 1. The van der Waals surface area contributed by atoms with Gasteiger partial charge in [-0.05, 0) is 93.5 Å². The summed E-state index contributed by atoms with van der Waals surface area (Å²) in [5.41, 5.74) is 3.88. The number of rotatable bonds is 4. The van der Waals surface area contributed by atoms with E-state index in [1.54, 1.807) is 11.0 Å². The van der Waals surface area contributed by atoms with E-state index < -0.39 is 0 Å². The van der Waals surface area contributed by atoms with Gasteiger partial charge in [-0.1, -0.05) is 39.2 Å². The largest absolute Gasteiger partial charge is 0.378 e. The summed E-state index contributed by atoms with van der Waals surface area (Å²) in [4.78, 5) is 0. The molecule has 0 aromatic heterocycles. The first kappa shape index (κ1) is 20.2. The molecule has 1 saturated heterocycles. The lowest BCUT2D eigenvalue weighted by molar-refractivity contribution is 0.0372. The average Bonchev–Trinajstić information content (AvgIpc) is 2.70. The van der Waals surface area contributed by atoms with Gasteiger partial charge in [-0.2, -0.15) is 0 Å². The molecule has 2 aliphatic carbocycles. The summed E-state index contributed by atoms with van der Waals surface area (Å²) in [6.45, 7) is 10.6. The van der Waals surface area contributed by atoms with Gasteiger partial charge in [0.05, 0.1) is 6.10 Å². The Morgan fingerprint density at radius 2 is 2.08 bits per heavy atom. The number of ether oxygens (including phenoxy) is 1. The lowest BCUT2D eigenvalue weighted by atomic mass is 9.61. The van der Waals surface area contributed by atoms with E-state index in [9.17, 15) is 0 Å². The molecule has 4 unspecified atom stereocenters. The van der Waals surface area contributed by atoms with Gasteiger partial charge in [0.15, 0.2) is 0 Å². The van der Waals surface area contributed by atoms with E-state index in [0.29, 0.717) is 11.5 Å². The zero-order chi connectivity index (χ0) is 18.6. The van der Waals surface area contributed by atoms with E-state index in [4.69, 9.17) is 4.74 Å². The third kappa shape index (κ3) is 4.86. The van der Waals surface area contributed by atoms with Crippen LogP contribution in [-0.4, -0.2) is 20.0 Å². The van der Waals surface area contributed by atoms with Crippen LogP contribution in [0.5, 0.6) is 0 Å². The highest BCUT2D eigenvalue weighted by molar-refractivity contribution is 6.43. The average molecular weight is 356 g/mol. The van der Waals surface area contributed by atoms with Crippen LogP contribution in [0.25, 0.3) is 0 Å². The van der Waals surface area contributed by atoms with E-state index in [1.165, 1.54) is 71.5 Å². The quantitative estimate of drug-likeness (QED) is 0.522. The van der Waals surface area contributed by atoms with Crippen molar-refractivity contribution in [3.8, 4) is 0 Å². The summed E-state index contributed by atoms with van der Waals surface area (Å²) in [7, 11) is 1.24. The Kier molecular flexibility index (Phi) is 7.11. The molecular weight excluding hydrogens is 315 g/mol. The number of hydrogen-bond donors (Lipinski definition) is 0. The minimum absolute atomic E-state index is 0.433. The molecule has 0 amide bonds. The molecule has 0 radical (unpaired) electrons. The molecule has 0 N–H and O–H groups in total. The Morgan fingerprint density at radius 3 is 2.88 bits per heavy atom. The highest BCUT2D eigenvalue weighted by Gasteiger charge is 2.35. The summed E-state index contributed by atoms with van der Waals surface area (Å²) < 4.78 is 6.00. The maximum absolute atomic E-state index is 6.00. The number of fused-ring (bicyclic) bond motifs is 1. The summed E-state index contributed by atoms with van der Waals surface area (Å²) >= 11 is 0. The monoisotopic (exact) mass is 356 g/mol. The molecule has 0 saturated carbocycles. The van der Waals surface area contributed by atoms with E-state index in [0.717, 1.165) is 24.4 Å². The minimum Gasteiger partial charge on any atom is -0.378 e. The summed E-state index contributed by atoms with van der Waals surface area (Å²) in [5.74, 6) is 2.55. The van der Waals surface area contributed by atoms with E-state index >= 15 is 0 Å². The fourth-order valence-electron chi connectivity index (χ4n) is 5.83. The smallest absolute Gasteiger partial charge is 0.149 e. The Hall–Kier alpha value is -0.495. The first-order chi connectivity index (χ1) is 12.5. The van der Waals surface area contributed by atoms with Crippen LogP contribution in [0, 0.1) is 23.2 Å². The van der Waals surface area contributed by atoms with Gasteiger partial charge in [-0.3, -0.25) is 0 Å². The van der Waals surface area contributed by atoms with Crippen molar-refractivity contribution in [3.63, 3.8) is 0 Å². The minimum atomic E-state index is 0.433. The fraction of sp³-hybridized carbons (Fsp3) is 0.833. The maximum atomic E-state index is 6.00. The van der Waals surface area contributed by atoms with Gasteiger partial charge in [-0.15, -0.1) is 5.47 Å². The third-order valence-corrected chi connectivity index (χ3v) is 8.02. The zero-order valence-electron chi connectivity index (χ0n) is 17.9. The van der Waals surface area contributed by atoms with Gasteiger partial charge >= 0.3 is 0 Å². The molecule has 0 aromatic carbocycles. The van der Waals surface area contributed by atoms with Crippen molar-refractivity contribution < 1.29 is 4.74 Å². The summed E-state index contributed by atoms with van der Waals surface area (Å²) in [5, 5.41) is 0. The van der Waals surface area contributed by atoms with Crippen LogP contribution in [0.4, 0.5) is 0 Å². The van der Waals surface area contributed by atoms with Crippen LogP contribution in [0.1, 0.15) is 85.0 Å². The molecule has 1 aliphatic heterocycles. The van der Waals surface area contributed by atoms with Crippen LogP contribution in [0.15, 0.2) is 23.2 Å². The third-order valence-electron chi connectivity index (χ3n) is 8.02. The molecule has 1 fully saturated rings. The van der Waals surface area contributed by atoms with Crippen LogP contribution in [0.2, 0.25) is 6.82 Å². The van der Waals surface area contributed by atoms with Gasteiger partial charge in [0.1, 0.15) is 7.28 Å². The van der Waals surface area contributed by atoms with Gasteiger partial charge in [0.2, 0.25) is 0 Å². The highest BCUT2D eigenvalue weighted by atomic mass is 16.5. The van der Waals surface area contributed by atoms with Gasteiger partial charge < -0.3 is 4.74 Å². The molecule has 2 heteroatoms. The second kappa shape index (κ2) is 9.13. The molecule has 3 rings (SSSR count). The molecule has 26 heavy (non-hydrogen) atoms. The first-order valence-electron chi connectivity index (χ1n) is 11.5. The Labute approximate surface area is 163 Å². The molecule has 1 nitrogen and oxygen atoms in total. The van der Waals surface area contributed by atoms with Crippen LogP contribution in [0.3, 0.4) is 0 Å². The predicted molar refractivity (Wildman–Crippen MR) is 115 cm³/mol. The van der Waals surface area contributed by atoms with Crippen molar-refractivity contribution in [2.45, 2.75) is 97.9 Å². The molecule has 146 valence electrons. The second-order valence-corrected chi connectivity index (χ2v) is 9.81. The fourth-order valence-corrected chi connectivity index (χ4v) is 5.83. The highest BCUT2D eigenvalue weighted by Crippen LogP contribution is 2.46. The predicted octanol–water partition coefficient (Wildman–Crippen LogP) is 6.50. The van der Waals surface area contributed by atoms with Crippen molar-refractivity contribution in [1.82, 2.24) is 0 Å². The van der Waals surface area contributed by atoms with Crippen molar-refractivity contribution in [1.29, 1.82) is 0 Å². The first-order valence-corrected chi connectivity index (χ1v) is 11.5. The van der Waals surface area contributed by atoms with Gasteiger partial charge in [0, 0.05) is 6.61 Å². The molecule has 1 heterocycles.